The van der Waals surface area contributed by atoms with Gasteiger partial charge in [0.25, 0.3) is 5.91 Å². The molecule has 0 aliphatic carbocycles. The summed E-state index contributed by atoms with van der Waals surface area (Å²) >= 11 is 6.11. The van der Waals surface area contributed by atoms with Gasteiger partial charge < -0.3 is 23.8 Å². The molecule has 9 heteroatoms. The highest BCUT2D eigenvalue weighted by molar-refractivity contribution is 6.30. The first-order chi connectivity index (χ1) is 16.0. The first-order valence-electron chi connectivity index (χ1n) is 11.5. The van der Waals surface area contributed by atoms with Gasteiger partial charge in [0.2, 0.25) is 11.7 Å². The van der Waals surface area contributed by atoms with E-state index in [1.54, 1.807) is 23.1 Å². The Balaban J connectivity index is 1.52. The molecule has 2 fully saturated rings. The van der Waals surface area contributed by atoms with Gasteiger partial charge in [0.1, 0.15) is 5.75 Å². The van der Waals surface area contributed by atoms with Gasteiger partial charge in [-0.15, -0.1) is 0 Å². The Hall–Kier alpha value is -2.58. The summed E-state index contributed by atoms with van der Waals surface area (Å²) in [6.45, 7) is 5.55. The van der Waals surface area contributed by atoms with Crippen LogP contribution in [0, 0.1) is 5.41 Å². The van der Waals surface area contributed by atoms with Crippen molar-refractivity contribution in [3.63, 3.8) is 0 Å². The molecule has 2 aliphatic rings. The van der Waals surface area contributed by atoms with Gasteiger partial charge >= 0.3 is 0 Å². The molecule has 1 aromatic carbocycles. The Kier molecular flexibility index (Phi) is 7.55. The number of ether oxygens (including phenoxy) is 2. The third kappa shape index (κ3) is 5.86. The minimum atomic E-state index is -0.515. The molecule has 2 aromatic rings. The van der Waals surface area contributed by atoms with E-state index in [0.29, 0.717) is 69.6 Å². The third-order valence-electron chi connectivity index (χ3n) is 6.31. The van der Waals surface area contributed by atoms with Crippen LogP contribution in [0.2, 0.25) is 5.02 Å². The molecule has 0 unspecified atom stereocenters. The molecule has 1 atom stereocenters. The molecule has 0 spiro atoms. The zero-order chi connectivity index (χ0) is 23.3. The summed E-state index contributed by atoms with van der Waals surface area (Å²) in [5.41, 5.74) is 0.229. The van der Waals surface area contributed by atoms with Crippen molar-refractivity contribution < 1.29 is 23.6 Å². The number of carbonyl (C=O) groups is 2. The van der Waals surface area contributed by atoms with Gasteiger partial charge in [-0.3, -0.25) is 9.59 Å². The second-order valence-electron chi connectivity index (χ2n) is 8.78. The fourth-order valence-electron chi connectivity index (χ4n) is 4.47. The van der Waals surface area contributed by atoms with E-state index < -0.39 is 5.41 Å². The van der Waals surface area contributed by atoms with Crippen LogP contribution in [0.1, 0.15) is 42.4 Å². The number of hydrogen-bond donors (Lipinski definition) is 0. The maximum absolute atomic E-state index is 13.2. The van der Waals surface area contributed by atoms with E-state index >= 15 is 0 Å². The molecular formula is C24H30ClN3O5. The number of carbonyl (C=O) groups excluding carboxylic acids is 2. The Morgan fingerprint density at radius 3 is 2.73 bits per heavy atom. The highest BCUT2D eigenvalue weighted by atomic mass is 35.5. The number of benzene rings is 1. The first-order valence-corrected chi connectivity index (χ1v) is 11.8. The largest absolute Gasteiger partial charge is 0.493 e. The van der Waals surface area contributed by atoms with E-state index in [2.05, 4.69) is 5.16 Å². The number of hydrogen-bond acceptors (Lipinski definition) is 6. The molecule has 0 radical (unpaired) electrons. The highest BCUT2D eigenvalue weighted by Crippen LogP contribution is 2.36. The van der Waals surface area contributed by atoms with Gasteiger partial charge in [0.05, 0.1) is 25.5 Å². The predicted molar refractivity (Wildman–Crippen MR) is 122 cm³/mol. The molecule has 2 saturated heterocycles. The number of likely N-dealkylation sites (tertiary alicyclic amines) is 1. The minimum absolute atomic E-state index is 0.0650. The van der Waals surface area contributed by atoms with Crippen LogP contribution in [0.3, 0.4) is 0 Å². The van der Waals surface area contributed by atoms with Crippen molar-refractivity contribution in [2.24, 2.45) is 5.41 Å². The van der Waals surface area contributed by atoms with Crippen LogP contribution in [-0.2, 0) is 16.0 Å². The van der Waals surface area contributed by atoms with Crippen molar-refractivity contribution in [2.75, 3.05) is 46.0 Å². The molecule has 2 aliphatic heterocycles. The maximum atomic E-state index is 13.2. The monoisotopic (exact) mass is 475 g/mol. The van der Waals surface area contributed by atoms with Crippen LogP contribution in [-0.4, -0.2) is 72.8 Å². The zero-order valence-corrected chi connectivity index (χ0v) is 19.7. The van der Waals surface area contributed by atoms with E-state index in [0.717, 1.165) is 18.5 Å². The summed E-state index contributed by atoms with van der Waals surface area (Å²) in [6.07, 6.45) is 2.55. The number of aryl methyl sites for hydroxylation is 1. The molecule has 0 saturated carbocycles. The molecule has 8 nitrogen and oxygen atoms in total. The lowest BCUT2D eigenvalue weighted by atomic mass is 9.77. The fraction of sp³-hybridized carbons (Fsp3) is 0.542. The molecular weight excluding hydrogens is 446 g/mol. The van der Waals surface area contributed by atoms with Crippen LogP contribution in [0.15, 0.2) is 34.9 Å². The molecule has 1 aromatic heterocycles. The van der Waals surface area contributed by atoms with Crippen LogP contribution in [0.4, 0.5) is 0 Å². The summed E-state index contributed by atoms with van der Waals surface area (Å²) in [5, 5.41) is 4.53. The van der Waals surface area contributed by atoms with Crippen LogP contribution >= 0.6 is 11.6 Å². The van der Waals surface area contributed by atoms with Crippen LogP contribution < -0.4 is 4.74 Å². The van der Waals surface area contributed by atoms with Crippen molar-refractivity contribution in [3.05, 3.63) is 46.8 Å². The normalized spacial score (nSPS) is 21.2. The molecule has 0 N–H and O–H groups in total. The van der Waals surface area contributed by atoms with Gasteiger partial charge in [-0.2, -0.15) is 0 Å². The van der Waals surface area contributed by atoms with Crippen LogP contribution in [0.5, 0.6) is 5.75 Å². The van der Waals surface area contributed by atoms with E-state index in [9.17, 15) is 9.59 Å². The number of rotatable bonds is 7. The minimum Gasteiger partial charge on any atom is -0.493 e. The lowest BCUT2D eigenvalue weighted by Crippen LogP contribution is -2.52. The van der Waals surface area contributed by atoms with E-state index in [1.807, 2.05) is 24.0 Å². The number of halogens is 1. The number of amides is 2. The van der Waals surface area contributed by atoms with Gasteiger partial charge in [-0.1, -0.05) is 29.7 Å². The van der Waals surface area contributed by atoms with Crippen molar-refractivity contribution in [3.8, 4) is 5.75 Å². The molecule has 0 bridgehead atoms. The van der Waals surface area contributed by atoms with Crippen molar-refractivity contribution >= 4 is 23.4 Å². The summed E-state index contributed by atoms with van der Waals surface area (Å²) in [6, 6.07) is 8.91. The third-order valence-corrected chi connectivity index (χ3v) is 6.55. The quantitative estimate of drug-likeness (QED) is 0.609. The van der Waals surface area contributed by atoms with Crippen LogP contribution in [0.25, 0.3) is 0 Å². The van der Waals surface area contributed by atoms with Crippen molar-refractivity contribution in [2.45, 2.75) is 32.6 Å². The molecule has 2 amide bonds. The summed E-state index contributed by atoms with van der Waals surface area (Å²) in [5.74, 6) is 0.743. The van der Waals surface area contributed by atoms with Gasteiger partial charge in [0, 0.05) is 49.1 Å². The average molecular weight is 476 g/mol. The van der Waals surface area contributed by atoms with Gasteiger partial charge in [-0.25, -0.2) is 0 Å². The average Bonchev–Trinajstić information content (AvgIpc) is 3.32. The molecule has 3 heterocycles. The van der Waals surface area contributed by atoms with Gasteiger partial charge in [-0.05, 0) is 37.5 Å². The summed E-state index contributed by atoms with van der Waals surface area (Å²) in [7, 11) is 0. The van der Waals surface area contributed by atoms with E-state index in [4.69, 9.17) is 25.6 Å². The number of piperidine rings is 1. The highest BCUT2D eigenvalue weighted by Gasteiger charge is 2.41. The Morgan fingerprint density at radius 1 is 1.18 bits per heavy atom. The first kappa shape index (κ1) is 23.6. The number of nitrogens with zero attached hydrogens (tertiary/aromatic N) is 3. The predicted octanol–water partition coefficient (Wildman–Crippen LogP) is 3.44. The summed E-state index contributed by atoms with van der Waals surface area (Å²) < 4.78 is 16.8. The van der Waals surface area contributed by atoms with E-state index in [-0.39, 0.29) is 17.6 Å². The Bertz CT molecular complexity index is 975. The molecule has 178 valence electrons. The lowest BCUT2D eigenvalue weighted by molar-refractivity contribution is -0.139. The number of morpholine rings is 1. The van der Waals surface area contributed by atoms with E-state index in [1.165, 1.54) is 0 Å². The summed E-state index contributed by atoms with van der Waals surface area (Å²) in [4.78, 5) is 29.9. The fourth-order valence-corrected chi connectivity index (χ4v) is 4.65. The SMILES string of the molecule is CCc1cc(C(=O)N2CCC[C@@](COc3cccc(Cl)c3)(CC(=O)N3CCOCC3)C2)on1. The Labute approximate surface area is 198 Å². The zero-order valence-electron chi connectivity index (χ0n) is 18.9. The topological polar surface area (TPSA) is 85.1 Å². The Morgan fingerprint density at radius 2 is 2.00 bits per heavy atom. The maximum Gasteiger partial charge on any atom is 0.292 e. The molecule has 4 rings (SSSR count). The second-order valence-corrected chi connectivity index (χ2v) is 9.22. The second kappa shape index (κ2) is 10.6. The molecule has 33 heavy (non-hydrogen) atoms. The van der Waals surface area contributed by atoms with Crippen molar-refractivity contribution in [1.29, 1.82) is 0 Å². The lowest BCUT2D eigenvalue weighted by Gasteiger charge is -2.43. The smallest absolute Gasteiger partial charge is 0.292 e. The van der Waals surface area contributed by atoms with Crippen molar-refractivity contribution in [1.82, 2.24) is 15.0 Å². The standard InChI is InChI=1S/C24H30ClN3O5/c1-2-19-14-21(33-26-19)23(30)28-8-4-7-24(16-28,15-22(29)27-9-11-31-12-10-27)17-32-20-6-3-5-18(25)13-20/h3,5-6,13-14H,2,4,7-12,15-17H2,1H3/t24-/m1/s1. The number of aromatic nitrogens is 1. The van der Waals surface area contributed by atoms with Gasteiger partial charge in [0.15, 0.2) is 0 Å².